The van der Waals surface area contributed by atoms with Crippen molar-refractivity contribution in [2.24, 2.45) is 0 Å². The standard InChI is InChI=1S/C24H30N4O4S/c1-16-13-20(17(2)27(16)19-9-12-33(31,32)15-19)23(29)14-26-10-7-18(8-11-26)28-22-6-4-3-5-21(22)25-24(28)30/h3-6,13,18-19H,7-12,14-15H2,1-2H3,(H,25,30)/t19-/m0/s1. The highest BCUT2D eigenvalue weighted by Crippen LogP contribution is 2.30. The molecule has 8 nitrogen and oxygen atoms in total. The van der Waals surface area contributed by atoms with E-state index in [2.05, 4.69) is 9.88 Å². The molecule has 2 aliphatic rings. The van der Waals surface area contributed by atoms with E-state index in [0.717, 1.165) is 48.4 Å². The molecular formula is C24H30N4O4S. The number of fused-ring (bicyclic) bond motifs is 1. The Bertz CT molecular complexity index is 1370. The lowest BCUT2D eigenvalue weighted by Crippen LogP contribution is -2.39. The molecule has 176 valence electrons. The maximum atomic E-state index is 13.1. The molecule has 0 bridgehead atoms. The number of nitrogens with one attached hydrogen (secondary N) is 1. The fraction of sp³-hybridized carbons (Fsp3) is 0.500. The van der Waals surface area contributed by atoms with Gasteiger partial charge in [0, 0.05) is 42.1 Å². The largest absolute Gasteiger partial charge is 0.344 e. The van der Waals surface area contributed by atoms with Gasteiger partial charge in [-0.05, 0) is 51.3 Å². The molecule has 3 aromatic rings. The number of piperidine rings is 1. The van der Waals surface area contributed by atoms with E-state index in [1.165, 1.54) is 0 Å². The summed E-state index contributed by atoms with van der Waals surface area (Å²) in [5.74, 6) is 0.433. The first kappa shape index (κ1) is 22.2. The normalized spacial score (nSPS) is 21.7. The van der Waals surface area contributed by atoms with Crippen LogP contribution in [0.4, 0.5) is 0 Å². The van der Waals surface area contributed by atoms with E-state index in [4.69, 9.17) is 0 Å². The summed E-state index contributed by atoms with van der Waals surface area (Å²) in [7, 11) is -2.99. The second-order valence-corrected chi connectivity index (χ2v) is 11.7. The van der Waals surface area contributed by atoms with Crippen LogP contribution in [-0.4, -0.2) is 64.4 Å². The highest BCUT2D eigenvalue weighted by atomic mass is 32.2. The average molecular weight is 471 g/mol. The number of rotatable bonds is 5. The number of para-hydroxylation sites is 2. The molecule has 4 heterocycles. The van der Waals surface area contributed by atoms with E-state index < -0.39 is 9.84 Å². The van der Waals surface area contributed by atoms with Gasteiger partial charge in [0.15, 0.2) is 15.6 Å². The highest BCUT2D eigenvalue weighted by Gasteiger charge is 2.32. The fourth-order valence-electron chi connectivity index (χ4n) is 5.66. The molecule has 2 aliphatic heterocycles. The van der Waals surface area contributed by atoms with Crippen LogP contribution in [0.25, 0.3) is 11.0 Å². The Balaban J connectivity index is 1.26. The lowest BCUT2D eigenvalue weighted by Gasteiger charge is -2.32. The summed E-state index contributed by atoms with van der Waals surface area (Å²) < 4.78 is 27.8. The molecule has 0 radical (unpaired) electrons. The van der Waals surface area contributed by atoms with Crippen molar-refractivity contribution in [3.05, 3.63) is 57.8 Å². The number of likely N-dealkylation sites (tertiary alicyclic amines) is 1. The van der Waals surface area contributed by atoms with Crippen molar-refractivity contribution < 1.29 is 13.2 Å². The summed E-state index contributed by atoms with van der Waals surface area (Å²) in [5.41, 5.74) is 4.19. The van der Waals surface area contributed by atoms with Crippen molar-refractivity contribution in [1.29, 1.82) is 0 Å². The molecule has 2 fully saturated rings. The molecule has 0 spiro atoms. The number of imidazole rings is 1. The van der Waals surface area contributed by atoms with Crippen LogP contribution in [0.1, 0.15) is 53.1 Å². The van der Waals surface area contributed by atoms with E-state index in [1.54, 1.807) is 0 Å². The predicted octanol–water partition coefficient (Wildman–Crippen LogP) is 2.63. The molecule has 1 N–H and O–H groups in total. The quantitative estimate of drug-likeness (QED) is 0.578. The Morgan fingerprint density at radius 3 is 2.48 bits per heavy atom. The van der Waals surface area contributed by atoms with Crippen molar-refractivity contribution in [2.45, 2.75) is 45.2 Å². The molecule has 2 aromatic heterocycles. The minimum atomic E-state index is -2.99. The first-order valence-corrected chi connectivity index (χ1v) is 13.4. The highest BCUT2D eigenvalue weighted by molar-refractivity contribution is 7.91. The smallest absolute Gasteiger partial charge is 0.326 e. The number of aryl methyl sites for hydroxylation is 1. The number of hydrogen-bond donors (Lipinski definition) is 1. The van der Waals surface area contributed by atoms with Gasteiger partial charge in [0.1, 0.15) is 0 Å². The van der Waals surface area contributed by atoms with Crippen LogP contribution in [0.3, 0.4) is 0 Å². The van der Waals surface area contributed by atoms with Gasteiger partial charge in [0.05, 0.1) is 29.1 Å². The summed E-state index contributed by atoms with van der Waals surface area (Å²) in [6.45, 7) is 5.70. The van der Waals surface area contributed by atoms with Gasteiger partial charge in [-0.25, -0.2) is 13.2 Å². The SMILES string of the molecule is Cc1cc(C(=O)CN2CCC(n3c(=O)[nH]c4ccccc43)CC2)c(C)n1[C@H]1CCS(=O)(=O)C1. The molecule has 0 amide bonds. The van der Waals surface area contributed by atoms with E-state index in [9.17, 15) is 18.0 Å². The van der Waals surface area contributed by atoms with Gasteiger partial charge < -0.3 is 9.55 Å². The zero-order chi connectivity index (χ0) is 23.3. The van der Waals surface area contributed by atoms with E-state index >= 15 is 0 Å². The molecule has 9 heteroatoms. The van der Waals surface area contributed by atoms with Crippen LogP contribution in [0.5, 0.6) is 0 Å². The van der Waals surface area contributed by atoms with Crippen LogP contribution in [0, 0.1) is 13.8 Å². The van der Waals surface area contributed by atoms with Gasteiger partial charge >= 0.3 is 5.69 Å². The third kappa shape index (κ3) is 4.08. The molecular weight excluding hydrogens is 440 g/mol. The summed E-state index contributed by atoms with van der Waals surface area (Å²) in [5, 5.41) is 0. The number of aromatic amines is 1. The van der Waals surface area contributed by atoms with Crippen LogP contribution in [-0.2, 0) is 9.84 Å². The molecule has 1 atom stereocenters. The third-order valence-electron chi connectivity index (χ3n) is 7.27. The Kier molecular flexibility index (Phi) is 5.56. The number of Topliss-reactive ketones (excluding diaryl/α,β-unsaturated/α-hetero) is 1. The monoisotopic (exact) mass is 470 g/mol. The van der Waals surface area contributed by atoms with E-state index in [1.807, 2.05) is 53.3 Å². The number of hydrogen-bond acceptors (Lipinski definition) is 5. The third-order valence-corrected chi connectivity index (χ3v) is 9.02. The fourth-order valence-corrected chi connectivity index (χ4v) is 7.36. The molecule has 0 saturated carbocycles. The van der Waals surface area contributed by atoms with Crippen molar-refractivity contribution in [3.63, 3.8) is 0 Å². The number of H-pyrrole nitrogens is 1. The maximum absolute atomic E-state index is 13.1. The summed E-state index contributed by atoms with van der Waals surface area (Å²) in [6, 6.07) is 9.68. The average Bonchev–Trinajstić information content (AvgIpc) is 3.40. The number of ketones is 1. The van der Waals surface area contributed by atoms with Crippen LogP contribution >= 0.6 is 0 Å². The van der Waals surface area contributed by atoms with Gasteiger partial charge in [0.2, 0.25) is 0 Å². The number of nitrogens with zero attached hydrogens (tertiary/aromatic N) is 3. The Morgan fingerprint density at radius 2 is 1.79 bits per heavy atom. The molecule has 2 saturated heterocycles. The Morgan fingerprint density at radius 1 is 1.06 bits per heavy atom. The first-order valence-electron chi connectivity index (χ1n) is 11.6. The Hall–Kier alpha value is -2.65. The second kappa shape index (κ2) is 8.29. The number of benzene rings is 1. The van der Waals surface area contributed by atoms with Gasteiger partial charge in [-0.15, -0.1) is 0 Å². The van der Waals surface area contributed by atoms with Crippen molar-refractivity contribution in [2.75, 3.05) is 31.1 Å². The predicted molar refractivity (Wildman–Crippen MR) is 128 cm³/mol. The van der Waals surface area contributed by atoms with Crippen molar-refractivity contribution in [1.82, 2.24) is 19.0 Å². The van der Waals surface area contributed by atoms with Gasteiger partial charge in [-0.3, -0.25) is 14.3 Å². The van der Waals surface area contributed by atoms with Crippen molar-refractivity contribution in [3.8, 4) is 0 Å². The maximum Gasteiger partial charge on any atom is 0.326 e. The number of sulfone groups is 1. The lowest BCUT2D eigenvalue weighted by molar-refractivity contribution is 0.0897. The number of carbonyl (C=O) groups is 1. The lowest BCUT2D eigenvalue weighted by atomic mass is 10.0. The van der Waals surface area contributed by atoms with E-state index in [0.29, 0.717) is 18.5 Å². The van der Waals surface area contributed by atoms with Crippen LogP contribution in [0.2, 0.25) is 0 Å². The summed E-state index contributed by atoms with van der Waals surface area (Å²) in [4.78, 5) is 30.7. The number of carbonyl (C=O) groups excluding carboxylic acids is 1. The molecule has 5 rings (SSSR count). The van der Waals surface area contributed by atoms with E-state index in [-0.39, 0.29) is 35.1 Å². The molecule has 0 unspecified atom stereocenters. The topological polar surface area (TPSA) is 97.2 Å². The molecule has 0 aliphatic carbocycles. The summed E-state index contributed by atoms with van der Waals surface area (Å²) >= 11 is 0. The molecule has 1 aromatic carbocycles. The Labute approximate surface area is 193 Å². The molecule has 33 heavy (non-hydrogen) atoms. The van der Waals surface area contributed by atoms with Gasteiger partial charge in [-0.1, -0.05) is 12.1 Å². The number of aromatic nitrogens is 3. The second-order valence-electron chi connectivity index (χ2n) is 9.46. The zero-order valence-electron chi connectivity index (χ0n) is 19.1. The zero-order valence-corrected chi connectivity index (χ0v) is 19.9. The first-order chi connectivity index (χ1) is 15.7. The van der Waals surface area contributed by atoms with Crippen LogP contribution in [0.15, 0.2) is 35.1 Å². The summed E-state index contributed by atoms with van der Waals surface area (Å²) in [6.07, 6.45) is 2.23. The van der Waals surface area contributed by atoms with Crippen molar-refractivity contribution >= 4 is 26.7 Å². The minimum Gasteiger partial charge on any atom is -0.344 e. The minimum absolute atomic E-state index is 0.0675. The van der Waals surface area contributed by atoms with Gasteiger partial charge in [0.25, 0.3) is 0 Å². The van der Waals surface area contributed by atoms with Gasteiger partial charge in [-0.2, -0.15) is 0 Å². The van der Waals surface area contributed by atoms with Crippen LogP contribution < -0.4 is 5.69 Å².